The minimum atomic E-state index is -0.469. The molecular formula is C21H21N5O3. The van der Waals surface area contributed by atoms with Gasteiger partial charge in [-0.15, -0.1) is 0 Å². The molecule has 3 aromatic rings. The average Bonchev–Trinajstić information content (AvgIpc) is 3.41. The van der Waals surface area contributed by atoms with Gasteiger partial charge in [-0.25, -0.2) is 4.68 Å². The smallest absolute Gasteiger partial charge is 0.293 e. The van der Waals surface area contributed by atoms with E-state index < -0.39 is 10.8 Å². The molecule has 8 nitrogen and oxygen atoms in total. The topological polar surface area (TPSA) is 102 Å². The number of nitro benzene ring substituents is 1. The summed E-state index contributed by atoms with van der Waals surface area (Å²) < 4.78 is 1.68. The fourth-order valence-electron chi connectivity index (χ4n) is 3.13. The van der Waals surface area contributed by atoms with Crippen molar-refractivity contribution in [1.29, 1.82) is 0 Å². The van der Waals surface area contributed by atoms with Crippen molar-refractivity contribution >= 4 is 23.1 Å². The van der Waals surface area contributed by atoms with Gasteiger partial charge < -0.3 is 10.6 Å². The lowest BCUT2D eigenvalue weighted by Crippen LogP contribution is -2.16. The lowest BCUT2D eigenvalue weighted by molar-refractivity contribution is -0.384. The van der Waals surface area contributed by atoms with E-state index in [4.69, 9.17) is 0 Å². The number of nitro groups is 1. The third-order valence-corrected chi connectivity index (χ3v) is 4.77. The van der Waals surface area contributed by atoms with Crippen molar-refractivity contribution in [2.45, 2.75) is 32.4 Å². The molecule has 0 spiro atoms. The molecule has 1 aliphatic carbocycles. The second-order valence-electron chi connectivity index (χ2n) is 7.22. The summed E-state index contributed by atoms with van der Waals surface area (Å²) in [6, 6.07) is 14.5. The molecule has 1 fully saturated rings. The monoisotopic (exact) mass is 391 g/mol. The van der Waals surface area contributed by atoms with Crippen molar-refractivity contribution in [1.82, 2.24) is 9.78 Å². The van der Waals surface area contributed by atoms with Gasteiger partial charge in [0.05, 0.1) is 17.7 Å². The third kappa shape index (κ3) is 4.43. The molecule has 2 N–H and O–H groups in total. The van der Waals surface area contributed by atoms with Crippen molar-refractivity contribution in [2.75, 3.05) is 10.6 Å². The van der Waals surface area contributed by atoms with Crippen LogP contribution in [0.3, 0.4) is 0 Å². The lowest BCUT2D eigenvalue weighted by atomic mass is 10.1. The van der Waals surface area contributed by atoms with Gasteiger partial charge in [0.25, 0.3) is 11.6 Å². The van der Waals surface area contributed by atoms with Crippen molar-refractivity contribution < 1.29 is 9.72 Å². The van der Waals surface area contributed by atoms with Crippen LogP contribution in [-0.4, -0.2) is 26.7 Å². The Morgan fingerprint density at radius 2 is 2.07 bits per heavy atom. The Hall–Kier alpha value is -3.68. The largest absolute Gasteiger partial charge is 0.377 e. The molecule has 8 heteroatoms. The molecule has 0 aliphatic heterocycles. The number of rotatable bonds is 7. The zero-order chi connectivity index (χ0) is 20.4. The highest BCUT2D eigenvalue weighted by atomic mass is 16.6. The molecule has 2 aromatic carbocycles. The molecule has 1 aliphatic rings. The van der Waals surface area contributed by atoms with Gasteiger partial charge in [0.2, 0.25) is 0 Å². The summed E-state index contributed by atoms with van der Waals surface area (Å²) in [5.41, 5.74) is 2.78. The molecule has 0 radical (unpaired) electrons. The highest BCUT2D eigenvalue weighted by Gasteiger charge is 2.25. The predicted octanol–water partition coefficient (Wildman–Crippen LogP) is 3.97. The maximum atomic E-state index is 12.7. The summed E-state index contributed by atoms with van der Waals surface area (Å²) in [6.07, 6.45) is 3.62. The van der Waals surface area contributed by atoms with E-state index in [2.05, 4.69) is 21.8 Å². The zero-order valence-corrected chi connectivity index (χ0v) is 16.0. The number of anilines is 2. The van der Waals surface area contributed by atoms with Gasteiger partial charge in [0.15, 0.2) is 0 Å². The molecule has 4 rings (SSSR count). The van der Waals surface area contributed by atoms with Gasteiger partial charge in [-0.1, -0.05) is 29.8 Å². The first-order chi connectivity index (χ1) is 14.0. The number of aryl methyl sites for hydroxylation is 1. The first-order valence-electron chi connectivity index (χ1n) is 9.43. The van der Waals surface area contributed by atoms with E-state index in [1.54, 1.807) is 29.1 Å². The molecule has 0 saturated heterocycles. The van der Waals surface area contributed by atoms with Crippen LogP contribution in [0.15, 0.2) is 54.7 Å². The maximum absolute atomic E-state index is 12.7. The van der Waals surface area contributed by atoms with E-state index >= 15 is 0 Å². The Morgan fingerprint density at radius 3 is 2.79 bits per heavy atom. The molecule has 1 aromatic heterocycles. The summed E-state index contributed by atoms with van der Waals surface area (Å²) in [7, 11) is 0. The SMILES string of the molecule is Cc1cccc(Cn2nccc2NC(=O)c2ccc(NC3CC3)c([N+](=O)[O-])c2)c1. The second-order valence-corrected chi connectivity index (χ2v) is 7.22. The molecule has 1 saturated carbocycles. The summed E-state index contributed by atoms with van der Waals surface area (Å²) in [5, 5.41) is 21.6. The number of aromatic nitrogens is 2. The minimum Gasteiger partial charge on any atom is -0.377 e. The zero-order valence-electron chi connectivity index (χ0n) is 16.0. The van der Waals surface area contributed by atoms with Crippen LogP contribution in [0.4, 0.5) is 17.2 Å². The summed E-state index contributed by atoms with van der Waals surface area (Å²) in [4.78, 5) is 23.6. The fraction of sp³-hybridized carbons (Fsp3) is 0.238. The molecule has 0 atom stereocenters. The van der Waals surface area contributed by atoms with Crippen molar-refractivity contribution in [3.63, 3.8) is 0 Å². The number of hydrogen-bond acceptors (Lipinski definition) is 5. The lowest BCUT2D eigenvalue weighted by Gasteiger charge is -2.11. The van der Waals surface area contributed by atoms with Crippen LogP contribution in [0.1, 0.15) is 34.3 Å². The van der Waals surface area contributed by atoms with E-state index in [1.165, 1.54) is 6.07 Å². The van der Waals surface area contributed by atoms with Gasteiger partial charge in [-0.05, 0) is 37.5 Å². The highest BCUT2D eigenvalue weighted by Crippen LogP contribution is 2.31. The maximum Gasteiger partial charge on any atom is 0.293 e. The van der Waals surface area contributed by atoms with Crippen LogP contribution in [0.5, 0.6) is 0 Å². The molecule has 0 bridgehead atoms. The number of nitrogens with one attached hydrogen (secondary N) is 2. The predicted molar refractivity (Wildman–Crippen MR) is 110 cm³/mol. The molecule has 148 valence electrons. The van der Waals surface area contributed by atoms with Crippen LogP contribution in [0, 0.1) is 17.0 Å². The standard InChI is InChI=1S/C21H21N5O3/c1-14-3-2-4-15(11-14)13-25-20(9-10-22-25)24-21(27)16-5-8-18(23-17-6-7-17)19(12-16)26(28)29/h2-5,8-12,17,23H,6-7,13H2,1H3,(H,24,27). The highest BCUT2D eigenvalue weighted by molar-refractivity contribution is 6.04. The van der Waals surface area contributed by atoms with Gasteiger partial charge in [-0.3, -0.25) is 14.9 Å². The summed E-state index contributed by atoms with van der Waals surface area (Å²) >= 11 is 0. The number of nitrogens with zero attached hydrogens (tertiary/aromatic N) is 3. The van der Waals surface area contributed by atoms with Crippen molar-refractivity contribution in [3.8, 4) is 0 Å². The fourth-order valence-corrected chi connectivity index (χ4v) is 3.13. The molecular weight excluding hydrogens is 370 g/mol. The molecule has 1 amide bonds. The summed E-state index contributed by atoms with van der Waals surface area (Å²) in [5.74, 6) is 0.108. The Bertz CT molecular complexity index is 1070. The molecule has 0 unspecified atom stereocenters. The van der Waals surface area contributed by atoms with Crippen LogP contribution < -0.4 is 10.6 Å². The van der Waals surface area contributed by atoms with Crippen LogP contribution in [-0.2, 0) is 6.54 Å². The number of carbonyl (C=O) groups excluding carboxylic acids is 1. The van der Waals surface area contributed by atoms with Crippen molar-refractivity contribution in [2.24, 2.45) is 0 Å². The van der Waals surface area contributed by atoms with Crippen LogP contribution >= 0.6 is 0 Å². The minimum absolute atomic E-state index is 0.0992. The first-order valence-corrected chi connectivity index (χ1v) is 9.43. The third-order valence-electron chi connectivity index (χ3n) is 4.77. The van der Waals surface area contributed by atoms with Gasteiger partial charge >= 0.3 is 0 Å². The number of amides is 1. The molecule has 1 heterocycles. The average molecular weight is 391 g/mol. The quantitative estimate of drug-likeness (QED) is 0.469. The number of hydrogen-bond donors (Lipinski definition) is 2. The summed E-state index contributed by atoms with van der Waals surface area (Å²) in [6.45, 7) is 2.53. The second kappa shape index (κ2) is 7.75. The van der Waals surface area contributed by atoms with Gasteiger partial charge in [-0.2, -0.15) is 5.10 Å². The van der Waals surface area contributed by atoms with Crippen LogP contribution in [0.25, 0.3) is 0 Å². The van der Waals surface area contributed by atoms with Gasteiger partial charge in [0, 0.05) is 23.7 Å². The first kappa shape index (κ1) is 18.7. The van der Waals surface area contributed by atoms with E-state index in [1.807, 2.05) is 25.1 Å². The molecule has 29 heavy (non-hydrogen) atoms. The van der Waals surface area contributed by atoms with Crippen molar-refractivity contribution in [3.05, 3.63) is 81.5 Å². The van der Waals surface area contributed by atoms with E-state index in [0.717, 1.165) is 24.0 Å². The Kier molecular flexibility index (Phi) is 4.99. The normalized spacial score (nSPS) is 13.1. The Labute approximate surface area is 167 Å². The van der Waals surface area contributed by atoms with Crippen LogP contribution in [0.2, 0.25) is 0 Å². The Morgan fingerprint density at radius 1 is 1.24 bits per heavy atom. The number of carbonyl (C=O) groups is 1. The number of benzene rings is 2. The van der Waals surface area contributed by atoms with E-state index in [0.29, 0.717) is 18.1 Å². The van der Waals surface area contributed by atoms with E-state index in [9.17, 15) is 14.9 Å². The van der Waals surface area contributed by atoms with Gasteiger partial charge in [0.1, 0.15) is 11.5 Å². The van der Waals surface area contributed by atoms with E-state index in [-0.39, 0.29) is 17.3 Å². The Balaban J connectivity index is 1.52.